The highest BCUT2D eigenvalue weighted by Gasteiger charge is 2.31. The SMILES string of the molecule is CCCCCCCCCCCCCCCCCCCCC(=O)O[C@H](COC(=O)CCCCCCCCCCC(C)C)COP(=O)(O)OC[C@H](O)COP(=O)(O)OC[C@@H](COC(=O)CCCCCCCCCCCCCCCCCC(C)C)OC(=O)CCCCCCCCCCCCCCCCCCCCC(C)CC. The molecule has 0 saturated heterocycles. The van der Waals surface area contributed by atoms with Crippen LogP contribution in [0.3, 0.4) is 0 Å². The minimum Gasteiger partial charge on any atom is -0.462 e. The van der Waals surface area contributed by atoms with Crippen molar-refractivity contribution in [2.24, 2.45) is 17.8 Å². The van der Waals surface area contributed by atoms with Crippen LogP contribution >= 0.6 is 15.6 Å². The fourth-order valence-electron chi connectivity index (χ4n) is 14.0. The number of hydrogen-bond acceptors (Lipinski definition) is 15. The van der Waals surface area contributed by atoms with Crippen molar-refractivity contribution in [1.82, 2.24) is 0 Å². The zero-order chi connectivity index (χ0) is 80.0. The van der Waals surface area contributed by atoms with E-state index < -0.39 is 97.5 Å². The Bertz CT molecular complexity index is 2100. The number of aliphatic hydroxyl groups excluding tert-OH is 1. The number of rotatable bonds is 88. The Hall–Kier alpha value is -1.94. The average Bonchev–Trinajstić information content (AvgIpc) is 0.891. The number of unbranched alkanes of at least 4 members (excludes halogenated alkanes) is 55. The zero-order valence-corrected chi connectivity index (χ0v) is 73.8. The van der Waals surface area contributed by atoms with Crippen LogP contribution in [0.1, 0.15) is 479 Å². The maximum absolute atomic E-state index is 13.2. The summed E-state index contributed by atoms with van der Waals surface area (Å²) in [5.41, 5.74) is 0. The predicted molar refractivity (Wildman–Crippen MR) is 451 cm³/mol. The standard InChI is InChI=1S/C90H176O17P2/c1-8-10-11-12-13-14-15-16-17-18-22-27-33-38-43-52-59-66-74-90(95)107-86(78-101-88(93)72-65-58-51-46-45-48-55-62-69-82(5)6)80-105-109(98,99)103-76-84(91)75-102-108(96,97)104-79-85(77-100-87(92)71-64-57-50-42-37-32-29-24-25-30-35-40-47-54-61-68-81(3)4)106-89(94)73-67-60-53-44-39-34-28-23-20-19-21-26-31-36-41-49-56-63-70-83(7)9-2/h81-86,91H,8-80H2,1-7H3,(H,96,97)(H,98,99)/t83?,84-,85-,86-/m1/s1. The molecule has 648 valence electrons. The van der Waals surface area contributed by atoms with Crippen LogP contribution in [-0.2, 0) is 65.4 Å². The maximum Gasteiger partial charge on any atom is 0.472 e. The summed E-state index contributed by atoms with van der Waals surface area (Å²) in [5, 5.41) is 10.7. The van der Waals surface area contributed by atoms with Gasteiger partial charge in [-0.2, -0.15) is 0 Å². The zero-order valence-electron chi connectivity index (χ0n) is 72.0. The van der Waals surface area contributed by atoms with E-state index in [0.717, 1.165) is 108 Å². The molecule has 0 aliphatic carbocycles. The quantitative estimate of drug-likeness (QED) is 0.0222. The smallest absolute Gasteiger partial charge is 0.462 e. The van der Waals surface area contributed by atoms with Gasteiger partial charge in [0, 0.05) is 25.7 Å². The highest BCUT2D eigenvalue weighted by Crippen LogP contribution is 2.45. The molecule has 3 N–H and O–H groups in total. The summed E-state index contributed by atoms with van der Waals surface area (Å²) >= 11 is 0. The predicted octanol–water partition coefficient (Wildman–Crippen LogP) is 27.6. The molecule has 19 heteroatoms. The van der Waals surface area contributed by atoms with Crippen molar-refractivity contribution in [1.29, 1.82) is 0 Å². The molecule has 0 aliphatic rings. The fraction of sp³-hybridized carbons (Fsp3) is 0.956. The van der Waals surface area contributed by atoms with Crippen molar-refractivity contribution in [3.63, 3.8) is 0 Å². The average molecular weight is 1590 g/mol. The minimum atomic E-state index is -4.97. The summed E-state index contributed by atoms with van der Waals surface area (Å²) in [6.07, 6.45) is 72.2. The van der Waals surface area contributed by atoms with Crippen LogP contribution in [0.5, 0.6) is 0 Å². The highest BCUT2D eigenvalue weighted by molar-refractivity contribution is 7.47. The largest absolute Gasteiger partial charge is 0.472 e. The lowest BCUT2D eigenvalue weighted by atomic mass is 9.99. The topological polar surface area (TPSA) is 237 Å². The van der Waals surface area contributed by atoms with Gasteiger partial charge < -0.3 is 33.8 Å². The van der Waals surface area contributed by atoms with Crippen LogP contribution < -0.4 is 0 Å². The minimum absolute atomic E-state index is 0.108. The van der Waals surface area contributed by atoms with E-state index in [2.05, 4.69) is 48.5 Å². The molecule has 0 spiro atoms. The van der Waals surface area contributed by atoms with Gasteiger partial charge in [-0.25, -0.2) is 9.13 Å². The van der Waals surface area contributed by atoms with E-state index in [0.29, 0.717) is 25.7 Å². The van der Waals surface area contributed by atoms with E-state index in [-0.39, 0.29) is 25.7 Å². The second kappa shape index (κ2) is 79.9. The molecule has 0 aromatic carbocycles. The van der Waals surface area contributed by atoms with E-state index in [1.54, 1.807) is 0 Å². The van der Waals surface area contributed by atoms with Crippen molar-refractivity contribution in [2.75, 3.05) is 39.6 Å². The molecule has 0 bridgehead atoms. The van der Waals surface area contributed by atoms with Gasteiger partial charge in [-0.1, -0.05) is 427 Å². The number of esters is 4. The van der Waals surface area contributed by atoms with Gasteiger partial charge >= 0.3 is 39.5 Å². The first-order valence-corrected chi connectivity index (χ1v) is 49.4. The van der Waals surface area contributed by atoms with Crippen LogP contribution in [0.15, 0.2) is 0 Å². The van der Waals surface area contributed by atoms with Crippen LogP contribution in [0.2, 0.25) is 0 Å². The number of aliphatic hydroxyl groups is 1. The summed E-state index contributed by atoms with van der Waals surface area (Å²) in [6.45, 7) is 12.1. The first-order valence-electron chi connectivity index (χ1n) is 46.4. The van der Waals surface area contributed by atoms with Gasteiger partial charge in [0.25, 0.3) is 0 Å². The molecule has 0 heterocycles. The van der Waals surface area contributed by atoms with Crippen LogP contribution in [0, 0.1) is 17.8 Å². The maximum atomic E-state index is 13.2. The molecule has 0 radical (unpaired) electrons. The van der Waals surface area contributed by atoms with E-state index in [1.165, 1.54) is 289 Å². The summed E-state index contributed by atoms with van der Waals surface area (Å²) in [4.78, 5) is 73.4. The Morgan fingerprint density at radius 1 is 0.266 bits per heavy atom. The normalized spacial score (nSPS) is 14.1. The monoisotopic (exact) mass is 1590 g/mol. The Kier molecular flexibility index (Phi) is 78.5. The van der Waals surface area contributed by atoms with Crippen molar-refractivity contribution in [3.05, 3.63) is 0 Å². The van der Waals surface area contributed by atoms with Gasteiger partial charge in [-0.3, -0.25) is 37.3 Å². The van der Waals surface area contributed by atoms with Gasteiger partial charge in [0.05, 0.1) is 26.4 Å². The summed E-state index contributed by atoms with van der Waals surface area (Å²) in [5.74, 6) is 0.304. The van der Waals surface area contributed by atoms with Gasteiger partial charge in [0.15, 0.2) is 12.2 Å². The second-order valence-electron chi connectivity index (χ2n) is 33.5. The molecule has 6 atom stereocenters. The molecule has 0 amide bonds. The number of hydrogen-bond donors (Lipinski definition) is 3. The van der Waals surface area contributed by atoms with E-state index in [9.17, 15) is 43.2 Å². The third kappa shape index (κ3) is 82.4. The lowest BCUT2D eigenvalue weighted by molar-refractivity contribution is -0.161. The molecule has 0 aromatic rings. The van der Waals surface area contributed by atoms with Crippen molar-refractivity contribution in [2.45, 2.75) is 497 Å². The second-order valence-corrected chi connectivity index (χ2v) is 36.4. The molecule has 0 rings (SSSR count). The molecule has 17 nitrogen and oxygen atoms in total. The number of carbonyl (C=O) groups excluding carboxylic acids is 4. The Balaban J connectivity index is 5.24. The molecular formula is C90H176O17P2. The number of carbonyl (C=O) groups is 4. The highest BCUT2D eigenvalue weighted by atomic mass is 31.2. The Morgan fingerprint density at radius 3 is 0.697 bits per heavy atom. The molecule has 0 aliphatic heterocycles. The summed E-state index contributed by atoms with van der Waals surface area (Å²) in [6, 6.07) is 0. The van der Waals surface area contributed by atoms with Crippen LogP contribution in [0.25, 0.3) is 0 Å². The fourth-order valence-corrected chi connectivity index (χ4v) is 15.6. The molecule has 0 aromatic heterocycles. The molecule has 0 fully saturated rings. The number of phosphoric acid groups is 2. The van der Waals surface area contributed by atoms with Crippen molar-refractivity contribution < 1.29 is 80.2 Å². The Labute approximate surface area is 670 Å². The number of phosphoric ester groups is 2. The van der Waals surface area contributed by atoms with E-state index in [4.69, 9.17) is 37.0 Å². The molecule has 0 saturated carbocycles. The van der Waals surface area contributed by atoms with E-state index in [1.807, 2.05) is 0 Å². The number of ether oxygens (including phenoxy) is 4. The lowest BCUT2D eigenvalue weighted by Crippen LogP contribution is -2.30. The van der Waals surface area contributed by atoms with Gasteiger partial charge in [0.2, 0.25) is 0 Å². The Morgan fingerprint density at radius 2 is 0.468 bits per heavy atom. The third-order valence-corrected chi connectivity index (χ3v) is 23.4. The van der Waals surface area contributed by atoms with Crippen LogP contribution in [-0.4, -0.2) is 96.7 Å². The first-order chi connectivity index (χ1) is 52.8. The van der Waals surface area contributed by atoms with E-state index >= 15 is 0 Å². The van der Waals surface area contributed by atoms with Gasteiger partial charge in [-0.15, -0.1) is 0 Å². The third-order valence-electron chi connectivity index (χ3n) is 21.5. The molecule has 3 unspecified atom stereocenters. The summed E-state index contributed by atoms with van der Waals surface area (Å²) < 4.78 is 69.0. The van der Waals surface area contributed by atoms with Crippen molar-refractivity contribution in [3.8, 4) is 0 Å². The summed E-state index contributed by atoms with van der Waals surface area (Å²) in [7, 11) is -9.93. The van der Waals surface area contributed by atoms with Crippen molar-refractivity contribution >= 4 is 39.5 Å². The molecule has 109 heavy (non-hydrogen) atoms. The molecular weight excluding hydrogens is 1410 g/mol. The first kappa shape index (κ1) is 107. The van der Waals surface area contributed by atoms with Gasteiger partial charge in [-0.05, 0) is 43.4 Å². The lowest BCUT2D eigenvalue weighted by Gasteiger charge is -2.21. The van der Waals surface area contributed by atoms with Gasteiger partial charge in [0.1, 0.15) is 19.3 Å². The van der Waals surface area contributed by atoms with Crippen LogP contribution in [0.4, 0.5) is 0 Å².